The standard InChI is InChI=1S/C15H21NO3Si/c1-15(2,3)20(4,5)18-10-12-7-13-14(19-12)6-11(9-17)8-16-13/h6-9H,10H2,1-5H3. The van der Waals surface area contributed by atoms with Crippen LogP contribution in [0, 0.1) is 0 Å². The minimum atomic E-state index is -1.79. The third-order valence-corrected chi connectivity index (χ3v) is 8.44. The number of furan rings is 1. The van der Waals surface area contributed by atoms with Gasteiger partial charge in [-0.1, -0.05) is 20.8 Å². The summed E-state index contributed by atoms with van der Waals surface area (Å²) in [6.07, 6.45) is 2.31. The Bertz CT molecular complexity index is 626. The molecule has 2 aromatic heterocycles. The summed E-state index contributed by atoms with van der Waals surface area (Å²) < 4.78 is 11.8. The van der Waals surface area contributed by atoms with Crippen LogP contribution < -0.4 is 0 Å². The van der Waals surface area contributed by atoms with Gasteiger partial charge >= 0.3 is 0 Å². The van der Waals surface area contributed by atoms with E-state index in [1.54, 1.807) is 12.3 Å². The van der Waals surface area contributed by atoms with Gasteiger partial charge in [-0.15, -0.1) is 0 Å². The lowest BCUT2D eigenvalue weighted by molar-refractivity contribution is 0.112. The summed E-state index contributed by atoms with van der Waals surface area (Å²) in [7, 11) is -1.79. The molecule has 0 atom stereocenters. The van der Waals surface area contributed by atoms with Crippen LogP contribution in [0.1, 0.15) is 36.9 Å². The molecule has 2 rings (SSSR count). The lowest BCUT2D eigenvalue weighted by atomic mass is 10.2. The van der Waals surface area contributed by atoms with Crippen molar-refractivity contribution in [3.05, 3.63) is 29.7 Å². The van der Waals surface area contributed by atoms with Crippen LogP contribution in [0.2, 0.25) is 18.1 Å². The lowest BCUT2D eigenvalue weighted by Crippen LogP contribution is -2.40. The highest BCUT2D eigenvalue weighted by Crippen LogP contribution is 2.37. The zero-order valence-corrected chi connectivity index (χ0v) is 13.7. The molecule has 0 N–H and O–H groups in total. The molecular formula is C15H21NO3Si. The smallest absolute Gasteiger partial charge is 0.192 e. The van der Waals surface area contributed by atoms with Crippen molar-refractivity contribution in [2.24, 2.45) is 0 Å². The van der Waals surface area contributed by atoms with Crippen molar-refractivity contribution in [2.75, 3.05) is 0 Å². The molecule has 0 radical (unpaired) electrons. The van der Waals surface area contributed by atoms with Crippen LogP contribution in [0.25, 0.3) is 11.1 Å². The Morgan fingerprint density at radius 3 is 2.65 bits per heavy atom. The zero-order chi connectivity index (χ0) is 15.0. The third kappa shape index (κ3) is 2.99. The second-order valence-corrected chi connectivity index (χ2v) is 11.3. The summed E-state index contributed by atoms with van der Waals surface area (Å²) in [6, 6.07) is 3.57. The average molecular weight is 291 g/mol. The predicted octanol–water partition coefficient (Wildman–Crippen LogP) is 4.16. The van der Waals surface area contributed by atoms with E-state index in [1.165, 1.54) is 0 Å². The van der Waals surface area contributed by atoms with Gasteiger partial charge in [-0.3, -0.25) is 9.78 Å². The van der Waals surface area contributed by atoms with Crippen molar-refractivity contribution in [3.63, 3.8) is 0 Å². The van der Waals surface area contributed by atoms with E-state index in [9.17, 15) is 4.79 Å². The highest BCUT2D eigenvalue weighted by atomic mass is 28.4. The first-order valence-corrected chi connectivity index (χ1v) is 9.61. The fourth-order valence-corrected chi connectivity index (χ4v) is 2.52. The molecule has 0 unspecified atom stereocenters. The van der Waals surface area contributed by atoms with Crippen LogP contribution in [-0.2, 0) is 11.0 Å². The molecule has 0 aromatic carbocycles. The topological polar surface area (TPSA) is 52.3 Å². The van der Waals surface area contributed by atoms with Crippen molar-refractivity contribution in [1.29, 1.82) is 0 Å². The Morgan fingerprint density at radius 1 is 1.35 bits per heavy atom. The molecule has 0 fully saturated rings. The van der Waals surface area contributed by atoms with Crippen molar-refractivity contribution in [2.45, 2.75) is 45.5 Å². The Morgan fingerprint density at radius 2 is 2.05 bits per heavy atom. The van der Waals surface area contributed by atoms with E-state index in [1.807, 2.05) is 6.07 Å². The fourth-order valence-electron chi connectivity index (χ4n) is 1.59. The van der Waals surface area contributed by atoms with E-state index >= 15 is 0 Å². The van der Waals surface area contributed by atoms with Gasteiger partial charge in [0.15, 0.2) is 20.2 Å². The van der Waals surface area contributed by atoms with Crippen LogP contribution in [0.4, 0.5) is 0 Å². The SMILES string of the molecule is CC(C)(C)[Si](C)(C)OCc1cc2ncc(C=O)cc2o1. The first-order valence-electron chi connectivity index (χ1n) is 6.70. The zero-order valence-electron chi connectivity index (χ0n) is 12.7. The van der Waals surface area contributed by atoms with Gasteiger partial charge in [0.05, 0.1) is 6.61 Å². The van der Waals surface area contributed by atoms with E-state index in [2.05, 4.69) is 38.8 Å². The largest absolute Gasteiger partial charge is 0.457 e. The van der Waals surface area contributed by atoms with Gasteiger partial charge in [0.2, 0.25) is 0 Å². The highest BCUT2D eigenvalue weighted by Gasteiger charge is 2.37. The Hall–Kier alpha value is -1.46. The van der Waals surface area contributed by atoms with Crippen molar-refractivity contribution in [1.82, 2.24) is 4.98 Å². The summed E-state index contributed by atoms with van der Waals surface area (Å²) in [4.78, 5) is 14.9. The van der Waals surface area contributed by atoms with E-state index in [-0.39, 0.29) is 5.04 Å². The number of nitrogens with zero attached hydrogens (tertiary/aromatic N) is 1. The van der Waals surface area contributed by atoms with Gasteiger partial charge in [0.1, 0.15) is 11.3 Å². The van der Waals surface area contributed by atoms with Crippen molar-refractivity contribution in [3.8, 4) is 0 Å². The fraction of sp³-hybridized carbons (Fsp3) is 0.467. The number of carbonyl (C=O) groups excluding carboxylic acids is 1. The Kier molecular flexibility index (Phi) is 3.84. The minimum absolute atomic E-state index is 0.169. The molecule has 0 bridgehead atoms. The number of fused-ring (bicyclic) bond motifs is 1. The normalized spacial score (nSPS) is 12.8. The summed E-state index contributed by atoms with van der Waals surface area (Å²) in [6.45, 7) is 11.5. The quantitative estimate of drug-likeness (QED) is 0.627. The van der Waals surface area contributed by atoms with Gasteiger partial charge in [-0.05, 0) is 24.2 Å². The number of hydrogen-bond donors (Lipinski definition) is 0. The Balaban J connectivity index is 2.17. The number of aldehydes is 1. The first kappa shape index (κ1) is 14.9. The van der Waals surface area contributed by atoms with E-state index in [4.69, 9.17) is 8.84 Å². The third-order valence-electron chi connectivity index (χ3n) is 3.96. The molecule has 5 heteroatoms. The van der Waals surface area contributed by atoms with Crippen LogP contribution in [0.3, 0.4) is 0 Å². The lowest BCUT2D eigenvalue weighted by Gasteiger charge is -2.35. The molecule has 2 aromatic rings. The maximum atomic E-state index is 10.7. The molecule has 0 amide bonds. The molecular weight excluding hydrogens is 270 g/mol. The van der Waals surface area contributed by atoms with E-state index < -0.39 is 8.32 Å². The predicted molar refractivity (Wildman–Crippen MR) is 81.4 cm³/mol. The monoisotopic (exact) mass is 291 g/mol. The molecule has 108 valence electrons. The second kappa shape index (κ2) is 5.14. The molecule has 0 spiro atoms. The molecule has 0 aliphatic heterocycles. The second-order valence-electron chi connectivity index (χ2n) is 6.53. The highest BCUT2D eigenvalue weighted by molar-refractivity contribution is 6.74. The summed E-state index contributed by atoms with van der Waals surface area (Å²) in [5, 5.41) is 0.169. The number of pyridine rings is 1. The molecule has 0 aliphatic rings. The van der Waals surface area contributed by atoms with Crippen molar-refractivity contribution >= 4 is 25.7 Å². The van der Waals surface area contributed by atoms with Gasteiger partial charge in [0.25, 0.3) is 0 Å². The maximum absolute atomic E-state index is 10.7. The van der Waals surface area contributed by atoms with Crippen LogP contribution >= 0.6 is 0 Å². The molecule has 20 heavy (non-hydrogen) atoms. The van der Waals surface area contributed by atoms with Gasteiger partial charge < -0.3 is 8.84 Å². The number of hydrogen-bond acceptors (Lipinski definition) is 4. The van der Waals surface area contributed by atoms with Gasteiger partial charge in [0, 0.05) is 17.8 Å². The summed E-state index contributed by atoms with van der Waals surface area (Å²) in [5.41, 5.74) is 1.90. The molecule has 0 saturated carbocycles. The molecule has 4 nitrogen and oxygen atoms in total. The number of aromatic nitrogens is 1. The van der Waals surface area contributed by atoms with E-state index in [0.717, 1.165) is 17.6 Å². The van der Waals surface area contributed by atoms with Crippen molar-refractivity contribution < 1.29 is 13.6 Å². The number of rotatable bonds is 4. The molecule has 0 saturated heterocycles. The minimum Gasteiger partial charge on any atom is -0.457 e. The molecule has 0 aliphatic carbocycles. The van der Waals surface area contributed by atoms with Crippen LogP contribution in [0.5, 0.6) is 0 Å². The van der Waals surface area contributed by atoms with E-state index in [0.29, 0.717) is 17.8 Å². The number of carbonyl (C=O) groups is 1. The summed E-state index contributed by atoms with van der Waals surface area (Å²) in [5.74, 6) is 0.750. The Labute approximate surface area is 120 Å². The maximum Gasteiger partial charge on any atom is 0.192 e. The van der Waals surface area contributed by atoms with Gasteiger partial charge in [-0.25, -0.2) is 0 Å². The average Bonchev–Trinajstić information content (AvgIpc) is 2.76. The van der Waals surface area contributed by atoms with Gasteiger partial charge in [-0.2, -0.15) is 0 Å². The molecule has 2 heterocycles. The van der Waals surface area contributed by atoms with Crippen LogP contribution in [-0.4, -0.2) is 19.6 Å². The first-order chi connectivity index (χ1) is 9.23. The summed E-state index contributed by atoms with van der Waals surface area (Å²) >= 11 is 0. The van der Waals surface area contributed by atoms with Crippen LogP contribution in [0.15, 0.2) is 22.7 Å².